The van der Waals surface area contributed by atoms with Crippen LogP contribution >= 0.6 is 0 Å². The van der Waals surface area contributed by atoms with Gasteiger partial charge in [-0.25, -0.2) is 17.6 Å². The van der Waals surface area contributed by atoms with Crippen LogP contribution in [0.25, 0.3) is 11.5 Å². The van der Waals surface area contributed by atoms with Crippen molar-refractivity contribution in [2.24, 2.45) is 0 Å². The van der Waals surface area contributed by atoms with Crippen LogP contribution in [0.4, 0.5) is 46.5 Å². The van der Waals surface area contributed by atoms with Gasteiger partial charge in [-0.05, 0) is 67.4 Å². The zero-order valence-corrected chi connectivity index (χ0v) is 31.5. The lowest BCUT2D eigenvalue weighted by Crippen LogP contribution is -2.34. The summed E-state index contributed by atoms with van der Waals surface area (Å²) >= 11 is 0. The fraction of sp³-hybridized carbons (Fsp3) is 0.268. The monoisotopic (exact) mass is 831 g/mol. The maximum Gasteiger partial charge on any atom is 0.315 e. The Balaban J connectivity index is 0.000000261. The first-order chi connectivity index (χ1) is 28.1. The van der Waals surface area contributed by atoms with Crippen molar-refractivity contribution < 1.29 is 58.7 Å². The summed E-state index contributed by atoms with van der Waals surface area (Å²) in [6.45, 7) is 2.61. The van der Waals surface area contributed by atoms with Gasteiger partial charge in [0.15, 0.2) is 5.78 Å². The van der Waals surface area contributed by atoms with E-state index in [9.17, 15) is 54.3 Å². The molecule has 0 bridgehead atoms. The number of alkyl halides is 4. The summed E-state index contributed by atoms with van der Waals surface area (Å²) in [7, 11) is 0. The standard InChI is InChI=1S/C21H20F4N2O3.C20H17F4N3O2/c1-2-4-19(29)27(16-6-3-5-15(22)10-16)12-14-8-7-13(9-17(14)23)18(28)11-26-21(30)20(24)25;1-2-4-17(28)27(15-6-3-5-14(21)10-15)11-13-8-7-12(9-16(13)22)19-25-26-20(29-19)18(23)24/h3,5-10,20H,2,4,11-12H2,1H3,(H,26,30);3,5-10,18H,2,4,11H2,1H3. The summed E-state index contributed by atoms with van der Waals surface area (Å²) in [6.07, 6.45) is -4.66. The van der Waals surface area contributed by atoms with E-state index in [4.69, 9.17) is 4.42 Å². The highest BCUT2D eigenvalue weighted by Gasteiger charge is 2.22. The second kappa shape index (κ2) is 21.3. The molecule has 0 saturated carbocycles. The SMILES string of the molecule is CCCC(=O)N(Cc1ccc(-c2nnc(C(F)F)o2)cc1F)c1cccc(F)c1.CCCC(=O)N(Cc1ccc(C(=O)CNC(=O)C(F)F)cc1F)c1cccc(F)c1. The fourth-order valence-corrected chi connectivity index (χ4v) is 5.42. The molecule has 312 valence electrons. The molecule has 0 aliphatic rings. The molecule has 0 aliphatic heterocycles. The summed E-state index contributed by atoms with van der Waals surface area (Å²) < 4.78 is 111. The van der Waals surface area contributed by atoms with Crippen LogP contribution in [0, 0.1) is 23.3 Å². The molecule has 1 heterocycles. The van der Waals surface area contributed by atoms with Crippen LogP contribution in [0.1, 0.15) is 73.3 Å². The maximum absolute atomic E-state index is 14.7. The summed E-state index contributed by atoms with van der Waals surface area (Å²) in [5.41, 5.74) is 0.826. The Morgan fingerprint density at radius 3 is 1.64 bits per heavy atom. The van der Waals surface area contributed by atoms with Gasteiger partial charge >= 0.3 is 12.9 Å². The van der Waals surface area contributed by atoms with Gasteiger partial charge in [-0.3, -0.25) is 19.2 Å². The van der Waals surface area contributed by atoms with Crippen LogP contribution in [0.2, 0.25) is 0 Å². The molecule has 0 spiro atoms. The van der Waals surface area contributed by atoms with E-state index in [1.54, 1.807) is 18.3 Å². The first-order valence-corrected chi connectivity index (χ1v) is 18.0. The average Bonchev–Trinajstić information content (AvgIpc) is 3.70. The normalized spacial score (nSPS) is 10.9. The van der Waals surface area contributed by atoms with Crippen molar-refractivity contribution in [3.05, 3.63) is 131 Å². The van der Waals surface area contributed by atoms with Gasteiger partial charge < -0.3 is 19.5 Å². The van der Waals surface area contributed by atoms with Crippen LogP contribution in [-0.4, -0.2) is 46.7 Å². The highest BCUT2D eigenvalue weighted by molar-refractivity contribution is 5.99. The van der Waals surface area contributed by atoms with Crippen molar-refractivity contribution in [2.45, 2.75) is 65.5 Å². The number of nitrogens with one attached hydrogen (secondary N) is 1. The number of carbonyl (C=O) groups is 4. The predicted molar refractivity (Wildman–Crippen MR) is 199 cm³/mol. The van der Waals surface area contributed by atoms with E-state index in [1.165, 1.54) is 70.5 Å². The largest absolute Gasteiger partial charge is 0.415 e. The molecule has 18 heteroatoms. The zero-order chi connectivity index (χ0) is 43.2. The molecule has 5 aromatic rings. The van der Waals surface area contributed by atoms with Crippen LogP contribution in [0.5, 0.6) is 0 Å². The Hall–Kier alpha value is -6.46. The third kappa shape index (κ3) is 12.8. The van der Waals surface area contributed by atoms with E-state index >= 15 is 0 Å². The van der Waals surface area contributed by atoms with E-state index in [-0.39, 0.29) is 71.6 Å². The van der Waals surface area contributed by atoms with Gasteiger partial charge in [0, 0.05) is 46.5 Å². The van der Waals surface area contributed by atoms with Gasteiger partial charge in [-0.2, -0.15) is 17.6 Å². The Bertz CT molecular complexity index is 2250. The lowest BCUT2D eigenvalue weighted by atomic mass is 10.1. The number of benzene rings is 4. The third-order valence-electron chi connectivity index (χ3n) is 8.35. The molecule has 59 heavy (non-hydrogen) atoms. The number of hydrogen-bond acceptors (Lipinski definition) is 7. The van der Waals surface area contributed by atoms with Gasteiger partial charge in [-0.15, -0.1) is 10.2 Å². The van der Waals surface area contributed by atoms with Crippen LogP contribution in [-0.2, 0) is 27.5 Å². The number of hydrogen-bond donors (Lipinski definition) is 1. The van der Waals surface area contributed by atoms with Gasteiger partial charge in [0.1, 0.15) is 23.3 Å². The lowest BCUT2D eigenvalue weighted by molar-refractivity contribution is -0.131. The molecule has 0 fully saturated rings. The summed E-state index contributed by atoms with van der Waals surface area (Å²) in [6, 6.07) is 18.1. The van der Waals surface area contributed by atoms with Gasteiger partial charge in [-0.1, -0.05) is 44.2 Å². The second-order valence-electron chi connectivity index (χ2n) is 12.7. The zero-order valence-electron chi connectivity index (χ0n) is 31.5. The van der Waals surface area contributed by atoms with E-state index in [1.807, 2.05) is 6.92 Å². The Kier molecular flexibility index (Phi) is 16.4. The quantitative estimate of drug-likeness (QED) is 0.0777. The van der Waals surface area contributed by atoms with Gasteiger partial charge in [0.25, 0.3) is 11.8 Å². The molecule has 1 aromatic heterocycles. The van der Waals surface area contributed by atoms with Gasteiger partial charge in [0.2, 0.25) is 17.7 Å². The minimum absolute atomic E-state index is 0.0804. The lowest BCUT2D eigenvalue weighted by Gasteiger charge is -2.23. The molecule has 0 radical (unpaired) electrons. The van der Waals surface area contributed by atoms with E-state index in [0.717, 1.165) is 18.2 Å². The first kappa shape index (κ1) is 45.2. The minimum Gasteiger partial charge on any atom is -0.415 e. The molecular weight excluding hydrogens is 794 g/mol. The molecular formula is C41H37F8N5O5. The molecule has 0 aliphatic carbocycles. The van der Waals surface area contributed by atoms with Gasteiger partial charge in [0.05, 0.1) is 19.6 Å². The smallest absolute Gasteiger partial charge is 0.315 e. The number of carbonyl (C=O) groups excluding carboxylic acids is 4. The molecule has 4 aromatic carbocycles. The number of Topliss-reactive ketones (excluding diaryl/α,β-unsaturated/α-hetero) is 1. The van der Waals surface area contributed by atoms with E-state index in [2.05, 4.69) is 10.2 Å². The van der Waals surface area contributed by atoms with E-state index in [0.29, 0.717) is 18.5 Å². The van der Waals surface area contributed by atoms with Crippen molar-refractivity contribution in [1.29, 1.82) is 0 Å². The van der Waals surface area contributed by atoms with Crippen molar-refractivity contribution in [2.75, 3.05) is 16.3 Å². The molecule has 0 atom stereocenters. The predicted octanol–water partition coefficient (Wildman–Crippen LogP) is 9.15. The van der Waals surface area contributed by atoms with Crippen LogP contribution in [0.15, 0.2) is 89.3 Å². The average molecular weight is 832 g/mol. The van der Waals surface area contributed by atoms with Crippen LogP contribution < -0.4 is 15.1 Å². The number of rotatable bonds is 16. The minimum atomic E-state index is -3.26. The number of nitrogens with zero attached hydrogens (tertiary/aromatic N) is 4. The number of anilines is 2. The molecule has 1 N–H and O–H groups in total. The highest BCUT2D eigenvalue weighted by atomic mass is 19.3. The molecule has 5 rings (SSSR count). The topological polar surface area (TPSA) is 126 Å². The highest BCUT2D eigenvalue weighted by Crippen LogP contribution is 2.27. The molecule has 10 nitrogen and oxygen atoms in total. The first-order valence-electron chi connectivity index (χ1n) is 18.0. The fourth-order valence-electron chi connectivity index (χ4n) is 5.42. The van der Waals surface area contributed by atoms with Crippen molar-refractivity contribution in [3.8, 4) is 11.5 Å². The summed E-state index contributed by atoms with van der Waals surface area (Å²) in [5, 5.41) is 8.44. The molecule has 3 amide bonds. The number of halogens is 8. The van der Waals surface area contributed by atoms with Crippen molar-refractivity contribution >= 4 is 34.9 Å². The number of ketones is 1. The van der Waals surface area contributed by atoms with Crippen molar-refractivity contribution in [1.82, 2.24) is 15.5 Å². The summed E-state index contributed by atoms with van der Waals surface area (Å²) in [4.78, 5) is 50.3. The second-order valence-corrected chi connectivity index (χ2v) is 12.7. The Morgan fingerprint density at radius 1 is 0.678 bits per heavy atom. The van der Waals surface area contributed by atoms with E-state index < -0.39 is 60.2 Å². The maximum atomic E-state index is 14.7. The number of aromatic nitrogens is 2. The van der Waals surface area contributed by atoms with Crippen molar-refractivity contribution in [3.63, 3.8) is 0 Å². The molecule has 0 unspecified atom stereocenters. The third-order valence-corrected chi connectivity index (χ3v) is 8.35. The number of amides is 3. The summed E-state index contributed by atoms with van der Waals surface area (Å²) in [5.74, 6) is -6.59. The molecule has 0 saturated heterocycles. The Morgan fingerprint density at radius 2 is 1.20 bits per heavy atom. The Labute approximate surface area is 332 Å². The van der Waals surface area contributed by atoms with Crippen LogP contribution in [0.3, 0.4) is 0 Å².